The zero-order chi connectivity index (χ0) is 14.8. The molecule has 21 heavy (non-hydrogen) atoms. The molecule has 1 fully saturated rings. The van der Waals surface area contributed by atoms with Crippen molar-refractivity contribution in [3.05, 3.63) is 36.0 Å². The summed E-state index contributed by atoms with van der Waals surface area (Å²) in [7, 11) is 0. The third-order valence-electron chi connectivity index (χ3n) is 4.66. The number of rotatable bonds is 4. The Morgan fingerprint density at radius 1 is 1.24 bits per heavy atom. The van der Waals surface area contributed by atoms with Gasteiger partial charge < -0.3 is 4.90 Å². The molecule has 1 unspecified atom stereocenters. The van der Waals surface area contributed by atoms with Crippen LogP contribution in [0.3, 0.4) is 0 Å². The molecule has 1 aromatic heterocycles. The number of hydrogen-bond acceptors (Lipinski definition) is 3. The minimum atomic E-state index is 0.687. The first-order valence-corrected chi connectivity index (χ1v) is 8.08. The number of hydrogen-bond donors (Lipinski definition) is 0. The van der Waals surface area contributed by atoms with E-state index < -0.39 is 0 Å². The maximum absolute atomic E-state index is 4.66. The average Bonchev–Trinajstić information content (AvgIpc) is 2.97. The number of fused-ring (bicyclic) bond motifs is 1. The summed E-state index contributed by atoms with van der Waals surface area (Å²) in [5.74, 6) is 0. The first-order chi connectivity index (χ1) is 10.2. The minimum Gasteiger partial charge on any atom is -0.369 e. The third-order valence-corrected chi connectivity index (χ3v) is 4.66. The minimum absolute atomic E-state index is 0.687. The van der Waals surface area contributed by atoms with Crippen LogP contribution in [0.15, 0.2) is 30.3 Å². The van der Waals surface area contributed by atoms with Crippen LogP contribution >= 0.6 is 0 Å². The van der Waals surface area contributed by atoms with Gasteiger partial charge in [0.15, 0.2) is 0 Å². The van der Waals surface area contributed by atoms with Crippen molar-refractivity contribution < 1.29 is 0 Å². The number of benzene rings is 1. The van der Waals surface area contributed by atoms with Crippen molar-refractivity contribution in [1.29, 1.82) is 0 Å². The van der Waals surface area contributed by atoms with Crippen LogP contribution in [0.4, 0.5) is 5.69 Å². The van der Waals surface area contributed by atoms with Crippen LogP contribution in [0.25, 0.3) is 10.9 Å². The third kappa shape index (κ3) is 2.75. The summed E-state index contributed by atoms with van der Waals surface area (Å²) in [5.41, 5.74) is 3.57. The van der Waals surface area contributed by atoms with Crippen LogP contribution in [0.2, 0.25) is 0 Å². The molecule has 0 saturated carbocycles. The predicted molar refractivity (Wildman–Crippen MR) is 90.0 cm³/mol. The van der Waals surface area contributed by atoms with Gasteiger partial charge in [-0.1, -0.05) is 32.0 Å². The molecule has 1 atom stereocenters. The van der Waals surface area contributed by atoms with Crippen LogP contribution < -0.4 is 4.90 Å². The standard InChI is InChI=1S/C18H25N3/c1-4-20(5-2)15-10-11-21(13-15)18-12-14(3)19-17-9-7-6-8-16(17)18/h6-9,12,15H,4-5,10-11,13H2,1-3H3. The van der Waals surface area contributed by atoms with E-state index in [0.29, 0.717) is 6.04 Å². The van der Waals surface area contributed by atoms with Crippen molar-refractivity contribution in [2.45, 2.75) is 33.2 Å². The van der Waals surface area contributed by atoms with Crippen LogP contribution in [-0.4, -0.2) is 42.1 Å². The van der Waals surface area contributed by atoms with Gasteiger partial charge in [0.25, 0.3) is 0 Å². The highest BCUT2D eigenvalue weighted by Crippen LogP contribution is 2.30. The molecule has 1 aliphatic heterocycles. The van der Waals surface area contributed by atoms with Gasteiger partial charge in [0.05, 0.1) is 5.52 Å². The van der Waals surface area contributed by atoms with Crippen LogP contribution in [0.1, 0.15) is 26.0 Å². The predicted octanol–water partition coefficient (Wildman–Crippen LogP) is 3.46. The topological polar surface area (TPSA) is 19.4 Å². The normalized spacial score (nSPS) is 18.9. The molecule has 2 aromatic rings. The van der Waals surface area contributed by atoms with E-state index in [2.05, 4.69) is 65.9 Å². The molecule has 3 heteroatoms. The van der Waals surface area contributed by atoms with E-state index in [1.165, 1.54) is 17.5 Å². The SMILES string of the molecule is CCN(CC)C1CCN(c2cc(C)nc3ccccc23)C1. The fraction of sp³-hybridized carbons (Fsp3) is 0.500. The summed E-state index contributed by atoms with van der Waals surface area (Å²) in [6.45, 7) is 11.2. The van der Waals surface area contributed by atoms with Gasteiger partial charge in [-0.2, -0.15) is 0 Å². The second kappa shape index (κ2) is 6.02. The number of likely N-dealkylation sites (N-methyl/N-ethyl adjacent to an activating group) is 1. The highest BCUT2D eigenvalue weighted by atomic mass is 15.3. The lowest BCUT2D eigenvalue weighted by Crippen LogP contribution is -2.37. The molecule has 3 rings (SSSR count). The molecule has 1 aromatic carbocycles. The van der Waals surface area contributed by atoms with Crippen LogP contribution in [-0.2, 0) is 0 Å². The van der Waals surface area contributed by atoms with Crippen molar-refractivity contribution in [1.82, 2.24) is 9.88 Å². The fourth-order valence-electron chi connectivity index (χ4n) is 3.55. The molecule has 3 nitrogen and oxygen atoms in total. The lowest BCUT2D eigenvalue weighted by atomic mass is 10.1. The van der Waals surface area contributed by atoms with Gasteiger partial charge in [0.1, 0.15) is 0 Å². The van der Waals surface area contributed by atoms with Crippen LogP contribution in [0, 0.1) is 6.92 Å². The Morgan fingerprint density at radius 2 is 2.00 bits per heavy atom. The zero-order valence-corrected chi connectivity index (χ0v) is 13.3. The Kier molecular flexibility index (Phi) is 4.11. The molecular formula is C18H25N3. The monoisotopic (exact) mass is 283 g/mol. The number of anilines is 1. The Bertz CT molecular complexity index is 619. The highest BCUT2D eigenvalue weighted by Gasteiger charge is 2.27. The van der Waals surface area contributed by atoms with Gasteiger partial charge in [-0.3, -0.25) is 9.88 Å². The van der Waals surface area contributed by atoms with Crippen molar-refractivity contribution >= 4 is 16.6 Å². The van der Waals surface area contributed by atoms with Gasteiger partial charge in [-0.25, -0.2) is 0 Å². The highest BCUT2D eigenvalue weighted by molar-refractivity contribution is 5.92. The summed E-state index contributed by atoms with van der Waals surface area (Å²) in [6.07, 6.45) is 1.26. The molecule has 112 valence electrons. The molecule has 0 amide bonds. The van der Waals surface area contributed by atoms with Crippen molar-refractivity contribution in [2.24, 2.45) is 0 Å². The molecule has 0 spiro atoms. The van der Waals surface area contributed by atoms with E-state index in [1.807, 2.05) is 0 Å². The number of para-hydroxylation sites is 1. The van der Waals surface area contributed by atoms with Crippen molar-refractivity contribution in [3.8, 4) is 0 Å². The Balaban J connectivity index is 1.91. The van der Waals surface area contributed by atoms with E-state index in [4.69, 9.17) is 0 Å². The maximum Gasteiger partial charge on any atom is 0.0726 e. The molecular weight excluding hydrogens is 258 g/mol. The molecule has 1 saturated heterocycles. The van der Waals surface area contributed by atoms with Gasteiger partial charge in [0, 0.05) is 35.9 Å². The molecule has 0 radical (unpaired) electrons. The van der Waals surface area contributed by atoms with Gasteiger partial charge in [-0.05, 0) is 38.6 Å². The van der Waals surface area contributed by atoms with Crippen LogP contribution in [0.5, 0.6) is 0 Å². The lowest BCUT2D eigenvalue weighted by molar-refractivity contribution is 0.232. The lowest BCUT2D eigenvalue weighted by Gasteiger charge is -2.27. The fourth-order valence-corrected chi connectivity index (χ4v) is 3.55. The molecule has 0 aliphatic carbocycles. The van der Waals surface area contributed by atoms with E-state index in [-0.39, 0.29) is 0 Å². The number of pyridine rings is 1. The Labute approximate surface area is 127 Å². The van der Waals surface area contributed by atoms with E-state index in [0.717, 1.165) is 37.4 Å². The molecule has 0 bridgehead atoms. The summed E-state index contributed by atoms with van der Waals surface area (Å²) in [4.78, 5) is 9.78. The first kappa shape index (κ1) is 14.3. The van der Waals surface area contributed by atoms with E-state index in [9.17, 15) is 0 Å². The van der Waals surface area contributed by atoms with Crippen molar-refractivity contribution in [3.63, 3.8) is 0 Å². The quantitative estimate of drug-likeness (QED) is 0.856. The van der Waals surface area contributed by atoms with Gasteiger partial charge in [0.2, 0.25) is 0 Å². The smallest absolute Gasteiger partial charge is 0.0726 e. The maximum atomic E-state index is 4.66. The zero-order valence-electron chi connectivity index (χ0n) is 13.3. The number of aromatic nitrogens is 1. The average molecular weight is 283 g/mol. The first-order valence-electron chi connectivity index (χ1n) is 8.08. The van der Waals surface area contributed by atoms with Gasteiger partial charge in [-0.15, -0.1) is 0 Å². The summed E-state index contributed by atoms with van der Waals surface area (Å²) in [6, 6.07) is 11.4. The largest absolute Gasteiger partial charge is 0.369 e. The Morgan fingerprint density at radius 3 is 2.76 bits per heavy atom. The van der Waals surface area contributed by atoms with E-state index >= 15 is 0 Å². The molecule has 1 aliphatic rings. The molecule has 0 N–H and O–H groups in total. The molecule has 2 heterocycles. The Hall–Kier alpha value is -1.61. The number of nitrogens with zero attached hydrogens (tertiary/aromatic N) is 3. The number of aryl methyl sites for hydroxylation is 1. The second-order valence-electron chi connectivity index (χ2n) is 5.91. The van der Waals surface area contributed by atoms with Gasteiger partial charge >= 0.3 is 0 Å². The summed E-state index contributed by atoms with van der Waals surface area (Å²) >= 11 is 0. The summed E-state index contributed by atoms with van der Waals surface area (Å²) in [5, 5.41) is 1.28. The van der Waals surface area contributed by atoms with E-state index in [1.54, 1.807) is 0 Å². The summed E-state index contributed by atoms with van der Waals surface area (Å²) < 4.78 is 0. The second-order valence-corrected chi connectivity index (χ2v) is 5.91. The van der Waals surface area contributed by atoms with Crippen molar-refractivity contribution in [2.75, 3.05) is 31.1 Å².